The number of halogens is 1. The predicted molar refractivity (Wildman–Crippen MR) is 53.7 cm³/mol. The van der Waals surface area contributed by atoms with Crippen molar-refractivity contribution in [2.24, 2.45) is 0 Å². The van der Waals surface area contributed by atoms with Crippen molar-refractivity contribution in [2.75, 3.05) is 6.61 Å². The van der Waals surface area contributed by atoms with Crippen molar-refractivity contribution in [3.8, 4) is 0 Å². The SMILES string of the molecule is CCOCc1ccc(Cl)c(C(=O)O)c1. The summed E-state index contributed by atoms with van der Waals surface area (Å²) in [7, 11) is 0. The molecule has 0 aliphatic carbocycles. The van der Waals surface area contributed by atoms with Gasteiger partial charge in [-0.3, -0.25) is 0 Å². The van der Waals surface area contributed by atoms with Crippen molar-refractivity contribution in [1.82, 2.24) is 0 Å². The topological polar surface area (TPSA) is 46.5 Å². The average molecular weight is 215 g/mol. The maximum atomic E-state index is 10.7. The van der Waals surface area contributed by atoms with E-state index in [1.165, 1.54) is 6.07 Å². The number of rotatable bonds is 4. The largest absolute Gasteiger partial charge is 0.478 e. The minimum absolute atomic E-state index is 0.115. The monoisotopic (exact) mass is 214 g/mol. The van der Waals surface area contributed by atoms with Crippen LogP contribution in [0.5, 0.6) is 0 Å². The Morgan fingerprint density at radius 3 is 2.86 bits per heavy atom. The molecule has 0 atom stereocenters. The highest BCUT2D eigenvalue weighted by Gasteiger charge is 2.08. The Morgan fingerprint density at radius 2 is 2.29 bits per heavy atom. The maximum Gasteiger partial charge on any atom is 0.337 e. The lowest BCUT2D eigenvalue weighted by atomic mass is 10.1. The summed E-state index contributed by atoms with van der Waals surface area (Å²) in [6, 6.07) is 4.85. The summed E-state index contributed by atoms with van der Waals surface area (Å²) >= 11 is 5.70. The van der Waals surface area contributed by atoms with E-state index in [-0.39, 0.29) is 10.6 Å². The Labute approximate surface area is 87.3 Å². The van der Waals surface area contributed by atoms with Crippen LogP contribution in [0.3, 0.4) is 0 Å². The van der Waals surface area contributed by atoms with Gasteiger partial charge < -0.3 is 9.84 Å². The van der Waals surface area contributed by atoms with E-state index in [1.807, 2.05) is 6.92 Å². The van der Waals surface area contributed by atoms with Crippen molar-refractivity contribution in [3.05, 3.63) is 34.3 Å². The number of hydrogen-bond acceptors (Lipinski definition) is 2. The molecule has 0 amide bonds. The summed E-state index contributed by atoms with van der Waals surface area (Å²) in [5.74, 6) is -1.02. The van der Waals surface area contributed by atoms with Gasteiger partial charge in [-0.15, -0.1) is 0 Å². The Balaban J connectivity index is 2.89. The molecule has 14 heavy (non-hydrogen) atoms. The highest BCUT2D eigenvalue weighted by Crippen LogP contribution is 2.18. The lowest BCUT2D eigenvalue weighted by Gasteiger charge is -2.04. The van der Waals surface area contributed by atoms with Gasteiger partial charge in [-0.2, -0.15) is 0 Å². The van der Waals surface area contributed by atoms with E-state index in [9.17, 15) is 4.79 Å². The van der Waals surface area contributed by atoms with Crippen LogP contribution >= 0.6 is 11.6 Å². The van der Waals surface area contributed by atoms with Crippen molar-refractivity contribution < 1.29 is 14.6 Å². The van der Waals surface area contributed by atoms with Gasteiger partial charge in [-0.1, -0.05) is 17.7 Å². The number of aromatic carboxylic acids is 1. The van der Waals surface area contributed by atoms with Crippen molar-refractivity contribution in [3.63, 3.8) is 0 Å². The fourth-order valence-corrected chi connectivity index (χ4v) is 1.24. The van der Waals surface area contributed by atoms with E-state index in [0.717, 1.165) is 5.56 Å². The molecule has 1 N–H and O–H groups in total. The third-order valence-corrected chi connectivity index (χ3v) is 2.06. The number of carboxylic acid groups (broad SMARTS) is 1. The lowest BCUT2D eigenvalue weighted by molar-refractivity contribution is 0.0696. The highest BCUT2D eigenvalue weighted by molar-refractivity contribution is 6.33. The Hall–Kier alpha value is -1.06. The second kappa shape index (κ2) is 4.98. The summed E-state index contributed by atoms with van der Waals surface area (Å²) in [5, 5.41) is 9.04. The summed E-state index contributed by atoms with van der Waals surface area (Å²) in [6.07, 6.45) is 0. The van der Waals surface area contributed by atoms with Crippen LogP contribution in [0, 0.1) is 0 Å². The number of ether oxygens (including phenoxy) is 1. The number of hydrogen-bond donors (Lipinski definition) is 1. The van der Waals surface area contributed by atoms with Crippen LogP contribution in [-0.4, -0.2) is 17.7 Å². The number of carboxylic acids is 1. The normalized spacial score (nSPS) is 10.1. The molecular formula is C10H11ClO3. The smallest absolute Gasteiger partial charge is 0.337 e. The van der Waals surface area contributed by atoms with Gasteiger partial charge >= 0.3 is 5.97 Å². The first kappa shape index (κ1) is 11.0. The van der Waals surface area contributed by atoms with Gasteiger partial charge in [0.2, 0.25) is 0 Å². The third-order valence-electron chi connectivity index (χ3n) is 1.73. The van der Waals surface area contributed by atoms with E-state index in [2.05, 4.69) is 0 Å². The Bertz CT molecular complexity index is 336. The van der Waals surface area contributed by atoms with E-state index < -0.39 is 5.97 Å². The summed E-state index contributed by atoms with van der Waals surface area (Å²) in [5.41, 5.74) is 0.928. The Kier molecular flexibility index (Phi) is 3.92. The average Bonchev–Trinajstić information content (AvgIpc) is 2.16. The van der Waals surface area contributed by atoms with Gasteiger partial charge in [0.05, 0.1) is 17.2 Å². The molecule has 0 spiro atoms. The van der Waals surface area contributed by atoms with Gasteiger partial charge in [0.15, 0.2) is 0 Å². The van der Waals surface area contributed by atoms with Gasteiger partial charge in [0.25, 0.3) is 0 Å². The second-order valence-corrected chi connectivity index (χ2v) is 3.16. The molecule has 0 fully saturated rings. The molecule has 0 aromatic heterocycles. The van der Waals surface area contributed by atoms with Crippen molar-refractivity contribution >= 4 is 17.6 Å². The number of carbonyl (C=O) groups is 1. The molecule has 1 rings (SSSR count). The van der Waals surface area contributed by atoms with E-state index in [0.29, 0.717) is 13.2 Å². The first-order chi connectivity index (χ1) is 6.65. The molecule has 0 heterocycles. The van der Waals surface area contributed by atoms with Gasteiger partial charge in [-0.05, 0) is 24.6 Å². The lowest BCUT2D eigenvalue weighted by Crippen LogP contribution is -2.00. The first-order valence-electron chi connectivity index (χ1n) is 4.24. The molecule has 1 aromatic carbocycles. The van der Waals surface area contributed by atoms with Crippen LogP contribution in [0.25, 0.3) is 0 Å². The quantitative estimate of drug-likeness (QED) is 0.838. The molecule has 0 saturated heterocycles. The minimum Gasteiger partial charge on any atom is -0.478 e. The molecule has 4 heteroatoms. The third kappa shape index (κ3) is 2.72. The van der Waals surface area contributed by atoms with Crippen molar-refractivity contribution in [1.29, 1.82) is 0 Å². The molecule has 0 aliphatic rings. The molecule has 0 bridgehead atoms. The zero-order chi connectivity index (χ0) is 10.6. The van der Waals surface area contributed by atoms with E-state index in [4.69, 9.17) is 21.4 Å². The zero-order valence-corrected chi connectivity index (χ0v) is 8.54. The summed E-state index contributed by atoms with van der Waals surface area (Å²) < 4.78 is 5.16. The van der Waals surface area contributed by atoms with Gasteiger partial charge in [0.1, 0.15) is 0 Å². The van der Waals surface area contributed by atoms with Crippen LogP contribution in [0.2, 0.25) is 5.02 Å². The van der Waals surface area contributed by atoms with Crippen LogP contribution in [0.15, 0.2) is 18.2 Å². The van der Waals surface area contributed by atoms with Gasteiger partial charge in [-0.25, -0.2) is 4.79 Å². The molecular weight excluding hydrogens is 204 g/mol. The maximum absolute atomic E-state index is 10.7. The molecule has 0 radical (unpaired) electrons. The van der Waals surface area contributed by atoms with Gasteiger partial charge in [0, 0.05) is 6.61 Å². The molecule has 0 saturated carbocycles. The standard InChI is InChI=1S/C10H11ClO3/c1-2-14-6-7-3-4-9(11)8(5-7)10(12)13/h3-5H,2,6H2,1H3,(H,12,13). The van der Waals surface area contributed by atoms with E-state index >= 15 is 0 Å². The minimum atomic E-state index is -1.02. The first-order valence-corrected chi connectivity index (χ1v) is 4.62. The van der Waals surface area contributed by atoms with Crippen molar-refractivity contribution in [2.45, 2.75) is 13.5 Å². The fourth-order valence-electron chi connectivity index (χ4n) is 1.05. The van der Waals surface area contributed by atoms with Crippen LogP contribution < -0.4 is 0 Å². The molecule has 1 aromatic rings. The molecule has 0 aliphatic heterocycles. The fraction of sp³-hybridized carbons (Fsp3) is 0.300. The molecule has 76 valence electrons. The zero-order valence-electron chi connectivity index (χ0n) is 7.79. The molecule has 3 nitrogen and oxygen atoms in total. The molecule has 0 unspecified atom stereocenters. The van der Waals surface area contributed by atoms with E-state index in [1.54, 1.807) is 12.1 Å². The Morgan fingerprint density at radius 1 is 1.57 bits per heavy atom. The predicted octanol–water partition coefficient (Wildman–Crippen LogP) is 2.57. The summed E-state index contributed by atoms with van der Waals surface area (Å²) in [6.45, 7) is 2.90. The number of benzene rings is 1. The van der Waals surface area contributed by atoms with Crippen LogP contribution in [0.4, 0.5) is 0 Å². The highest BCUT2D eigenvalue weighted by atomic mass is 35.5. The van der Waals surface area contributed by atoms with Crippen LogP contribution in [0.1, 0.15) is 22.8 Å². The summed E-state index contributed by atoms with van der Waals surface area (Å²) in [4.78, 5) is 10.7. The second-order valence-electron chi connectivity index (χ2n) is 2.76. The van der Waals surface area contributed by atoms with Crippen LogP contribution in [-0.2, 0) is 11.3 Å².